The zero-order valence-electron chi connectivity index (χ0n) is 19.4. The maximum absolute atomic E-state index is 13.2. The average molecular weight is 465 g/mol. The van der Waals surface area contributed by atoms with Crippen LogP contribution in [0.4, 0.5) is 0 Å². The third-order valence-corrected chi connectivity index (χ3v) is 6.03. The molecular weight excluding hydrogens is 436 g/mol. The van der Waals surface area contributed by atoms with Gasteiger partial charge in [-0.05, 0) is 67.6 Å². The fraction of sp³-hybridized carbons (Fsp3) is 0.231. The number of hydrogen-bond donors (Lipinski definition) is 2. The van der Waals surface area contributed by atoms with Crippen LogP contribution in [-0.2, 0) is 4.79 Å². The summed E-state index contributed by atoms with van der Waals surface area (Å²) in [7, 11) is 3.03. The van der Waals surface area contributed by atoms with Crippen LogP contribution in [0.15, 0.2) is 59.6 Å². The summed E-state index contributed by atoms with van der Waals surface area (Å²) in [6.45, 7) is 5.98. The van der Waals surface area contributed by atoms with Gasteiger partial charge in [-0.15, -0.1) is 11.3 Å². The minimum Gasteiger partial charge on any atom is -0.493 e. The van der Waals surface area contributed by atoms with Crippen molar-refractivity contribution in [3.05, 3.63) is 86.7 Å². The SMILES string of the molecule is COc1ccc(C(=O)N/C(=C\c2cccs2)C(=O)N[C@H](C)c2ccc(C)cc2C)cc1OC. The van der Waals surface area contributed by atoms with Crippen molar-refractivity contribution in [3.63, 3.8) is 0 Å². The molecule has 6 nitrogen and oxygen atoms in total. The van der Waals surface area contributed by atoms with Gasteiger partial charge in [-0.1, -0.05) is 29.8 Å². The van der Waals surface area contributed by atoms with Crippen LogP contribution >= 0.6 is 11.3 Å². The third-order valence-electron chi connectivity index (χ3n) is 5.21. The van der Waals surface area contributed by atoms with Crippen molar-refractivity contribution in [1.29, 1.82) is 0 Å². The van der Waals surface area contributed by atoms with Crippen LogP contribution in [0.2, 0.25) is 0 Å². The molecule has 0 fully saturated rings. The van der Waals surface area contributed by atoms with E-state index in [2.05, 4.69) is 16.7 Å². The molecule has 33 heavy (non-hydrogen) atoms. The van der Waals surface area contributed by atoms with Crippen LogP contribution in [0.1, 0.15) is 44.9 Å². The first-order valence-electron chi connectivity index (χ1n) is 10.5. The van der Waals surface area contributed by atoms with Crippen LogP contribution in [0.25, 0.3) is 6.08 Å². The van der Waals surface area contributed by atoms with Gasteiger partial charge < -0.3 is 20.1 Å². The molecule has 0 aliphatic rings. The number of ether oxygens (including phenoxy) is 2. The Hall–Kier alpha value is -3.58. The summed E-state index contributed by atoms with van der Waals surface area (Å²) in [6.07, 6.45) is 1.67. The highest BCUT2D eigenvalue weighted by molar-refractivity contribution is 7.10. The van der Waals surface area contributed by atoms with E-state index in [1.165, 1.54) is 25.6 Å². The lowest BCUT2D eigenvalue weighted by Crippen LogP contribution is -2.36. The van der Waals surface area contributed by atoms with Gasteiger partial charge in [0.25, 0.3) is 11.8 Å². The second-order valence-corrected chi connectivity index (χ2v) is 8.63. The fourth-order valence-corrected chi connectivity index (χ4v) is 4.17. The Balaban J connectivity index is 1.84. The van der Waals surface area contributed by atoms with Gasteiger partial charge in [0.15, 0.2) is 11.5 Å². The van der Waals surface area contributed by atoms with E-state index in [0.717, 1.165) is 21.6 Å². The Morgan fingerprint density at radius 1 is 1.00 bits per heavy atom. The summed E-state index contributed by atoms with van der Waals surface area (Å²) < 4.78 is 10.5. The Morgan fingerprint density at radius 3 is 2.39 bits per heavy atom. The molecule has 0 radical (unpaired) electrons. The molecule has 2 amide bonds. The normalized spacial score (nSPS) is 12.1. The number of methoxy groups -OCH3 is 2. The molecule has 1 atom stereocenters. The van der Waals surface area contributed by atoms with Gasteiger partial charge >= 0.3 is 0 Å². The molecule has 7 heteroatoms. The molecule has 0 aliphatic heterocycles. The minimum absolute atomic E-state index is 0.161. The molecular formula is C26H28N2O4S. The van der Waals surface area contributed by atoms with E-state index in [0.29, 0.717) is 17.1 Å². The van der Waals surface area contributed by atoms with Crippen LogP contribution < -0.4 is 20.1 Å². The average Bonchev–Trinajstić information content (AvgIpc) is 3.31. The van der Waals surface area contributed by atoms with Crippen molar-refractivity contribution in [2.24, 2.45) is 0 Å². The summed E-state index contributed by atoms with van der Waals surface area (Å²) in [6, 6.07) is 14.5. The summed E-state index contributed by atoms with van der Waals surface area (Å²) in [5.41, 5.74) is 3.79. The highest BCUT2D eigenvalue weighted by Gasteiger charge is 2.19. The van der Waals surface area contributed by atoms with Gasteiger partial charge in [0.2, 0.25) is 0 Å². The van der Waals surface area contributed by atoms with Crippen molar-refractivity contribution in [1.82, 2.24) is 10.6 Å². The van der Waals surface area contributed by atoms with Gasteiger partial charge in [0.05, 0.1) is 20.3 Å². The van der Waals surface area contributed by atoms with E-state index in [9.17, 15) is 9.59 Å². The Labute approximate surface area is 198 Å². The molecule has 0 spiro atoms. The van der Waals surface area contributed by atoms with E-state index in [4.69, 9.17) is 9.47 Å². The van der Waals surface area contributed by atoms with Crippen molar-refractivity contribution in [2.75, 3.05) is 14.2 Å². The number of thiophene rings is 1. The van der Waals surface area contributed by atoms with E-state index in [-0.39, 0.29) is 17.6 Å². The number of aryl methyl sites for hydroxylation is 2. The summed E-state index contributed by atoms with van der Waals surface area (Å²) >= 11 is 1.48. The van der Waals surface area contributed by atoms with Crippen molar-refractivity contribution < 1.29 is 19.1 Å². The summed E-state index contributed by atoms with van der Waals surface area (Å²) in [5.74, 6) is 0.156. The molecule has 0 saturated carbocycles. The Bertz CT molecular complexity index is 1170. The van der Waals surface area contributed by atoms with Crippen molar-refractivity contribution >= 4 is 29.2 Å². The number of carbonyl (C=O) groups is 2. The molecule has 3 rings (SSSR count). The molecule has 0 saturated heterocycles. The molecule has 2 N–H and O–H groups in total. The number of carbonyl (C=O) groups excluding carboxylic acids is 2. The molecule has 1 heterocycles. The first-order valence-corrected chi connectivity index (χ1v) is 11.4. The second kappa shape index (κ2) is 10.8. The van der Waals surface area contributed by atoms with Gasteiger partial charge in [0, 0.05) is 10.4 Å². The van der Waals surface area contributed by atoms with Gasteiger partial charge in [-0.2, -0.15) is 0 Å². The smallest absolute Gasteiger partial charge is 0.268 e. The van der Waals surface area contributed by atoms with Crippen LogP contribution in [0.3, 0.4) is 0 Å². The van der Waals surface area contributed by atoms with E-state index < -0.39 is 5.91 Å². The highest BCUT2D eigenvalue weighted by atomic mass is 32.1. The first kappa shape index (κ1) is 24.1. The van der Waals surface area contributed by atoms with Crippen LogP contribution in [0, 0.1) is 13.8 Å². The molecule has 0 unspecified atom stereocenters. The number of rotatable bonds is 8. The van der Waals surface area contributed by atoms with Gasteiger partial charge in [-0.3, -0.25) is 9.59 Å². The molecule has 2 aromatic carbocycles. The molecule has 1 aromatic heterocycles. The minimum atomic E-state index is -0.423. The summed E-state index contributed by atoms with van der Waals surface area (Å²) in [4.78, 5) is 27.0. The standard InChI is InChI=1S/C26H28N2O4S/c1-16-8-10-21(17(2)13-16)18(3)27-26(30)22(15-20-7-6-12-33-20)28-25(29)19-9-11-23(31-4)24(14-19)32-5/h6-15,18H,1-5H3,(H,27,30)(H,28,29)/b22-15-/t18-/m1/s1. The maximum Gasteiger partial charge on any atom is 0.268 e. The number of nitrogens with one attached hydrogen (secondary N) is 2. The zero-order valence-corrected chi connectivity index (χ0v) is 20.2. The van der Waals surface area contributed by atoms with Crippen LogP contribution in [-0.4, -0.2) is 26.0 Å². The fourth-order valence-electron chi connectivity index (χ4n) is 3.51. The quantitative estimate of drug-likeness (QED) is 0.459. The maximum atomic E-state index is 13.2. The summed E-state index contributed by atoms with van der Waals surface area (Å²) in [5, 5.41) is 7.68. The lowest BCUT2D eigenvalue weighted by Gasteiger charge is -2.19. The molecule has 0 aliphatic carbocycles. The van der Waals surface area contributed by atoms with Gasteiger partial charge in [0.1, 0.15) is 5.70 Å². The predicted octanol–water partition coefficient (Wildman–Crippen LogP) is 5.03. The zero-order chi connectivity index (χ0) is 24.0. The number of hydrogen-bond acceptors (Lipinski definition) is 5. The molecule has 172 valence electrons. The lowest BCUT2D eigenvalue weighted by molar-refractivity contribution is -0.118. The highest BCUT2D eigenvalue weighted by Crippen LogP contribution is 2.27. The van der Waals surface area contributed by atoms with E-state index >= 15 is 0 Å². The monoisotopic (exact) mass is 464 g/mol. The second-order valence-electron chi connectivity index (χ2n) is 7.65. The predicted molar refractivity (Wildman–Crippen MR) is 132 cm³/mol. The third kappa shape index (κ3) is 6.02. The van der Waals surface area contributed by atoms with Crippen molar-refractivity contribution in [3.8, 4) is 11.5 Å². The largest absolute Gasteiger partial charge is 0.493 e. The Morgan fingerprint density at radius 2 is 1.76 bits per heavy atom. The molecule has 3 aromatic rings. The topological polar surface area (TPSA) is 76.7 Å². The van der Waals surface area contributed by atoms with Crippen LogP contribution in [0.5, 0.6) is 11.5 Å². The lowest BCUT2D eigenvalue weighted by atomic mass is 10.0. The molecule has 0 bridgehead atoms. The Kier molecular flexibility index (Phi) is 7.90. The van der Waals surface area contributed by atoms with Gasteiger partial charge in [-0.25, -0.2) is 0 Å². The first-order chi connectivity index (χ1) is 15.8. The number of benzene rings is 2. The van der Waals surface area contributed by atoms with E-state index in [1.807, 2.05) is 50.4 Å². The van der Waals surface area contributed by atoms with Crippen molar-refractivity contribution in [2.45, 2.75) is 26.8 Å². The number of amides is 2. The van der Waals surface area contributed by atoms with E-state index in [1.54, 1.807) is 24.3 Å².